The first-order chi connectivity index (χ1) is 14.3. The Hall–Kier alpha value is -2.27. The molecule has 1 saturated heterocycles. The Bertz CT molecular complexity index is 1070. The van der Waals surface area contributed by atoms with E-state index >= 15 is 0 Å². The highest BCUT2D eigenvalue weighted by Gasteiger charge is 2.43. The quantitative estimate of drug-likeness (QED) is 0.683. The fourth-order valence-corrected chi connectivity index (χ4v) is 6.35. The number of nitrogens with zero attached hydrogens (tertiary/aromatic N) is 2. The van der Waals surface area contributed by atoms with E-state index in [2.05, 4.69) is 5.32 Å². The molecule has 1 aliphatic heterocycles. The minimum Gasteiger partial charge on any atom is -0.355 e. The van der Waals surface area contributed by atoms with Gasteiger partial charge in [0.15, 0.2) is 0 Å². The van der Waals surface area contributed by atoms with Gasteiger partial charge in [0.25, 0.3) is 0 Å². The minimum absolute atomic E-state index is 0.0408. The highest BCUT2D eigenvalue weighted by atomic mass is 32.2. The van der Waals surface area contributed by atoms with Crippen molar-refractivity contribution in [1.29, 1.82) is 0 Å². The predicted octanol–water partition coefficient (Wildman–Crippen LogP) is 1.28. The standard InChI is InChI=1S/C20H25N3O5S2/c1-2-13-21-20(24)19-16-22(29(25,26)17-9-5-3-6-10-17)14-15-23(19)30(27,28)18-11-7-4-8-12-18/h3-12,19H,2,13-16H2,1H3,(H,21,24)/t19-/m1/s1. The van der Waals surface area contributed by atoms with E-state index in [-0.39, 0.29) is 29.4 Å². The van der Waals surface area contributed by atoms with Crippen molar-refractivity contribution in [2.75, 3.05) is 26.2 Å². The Balaban J connectivity index is 1.94. The van der Waals surface area contributed by atoms with Crippen molar-refractivity contribution in [3.8, 4) is 0 Å². The number of benzene rings is 2. The monoisotopic (exact) mass is 451 g/mol. The number of hydrogen-bond donors (Lipinski definition) is 1. The molecule has 1 heterocycles. The number of amides is 1. The van der Waals surface area contributed by atoms with Crippen molar-refractivity contribution in [2.45, 2.75) is 29.2 Å². The van der Waals surface area contributed by atoms with Gasteiger partial charge in [-0.05, 0) is 30.7 Å². The molecule has 8 nitrogen and oxygen atoms in total. The lowest BCUT2D eigenvalue weighted by molar-refractivity contribution is -0.125. The largest absolute Gasteiger partial charge is 0.355 e. The lowest BCUT2D eigenvalue weighted by atomic mass is 10.2. The number of rotatable bonds is 7. The molecule has 3 rings (SSSR count). The van der Waals surface area contributed by atoms with Gasteiger partial charge in [-0.3, -0.25) is 4.79 Å². The van der Waals surface area contributed by atoms with E-state index in [1.807, 2.05) is 6.92 Å². The van der Waals surface area contributed by atoms with Crippen LogP contribution in [0, 0.1) is 0 Å². The number of hydrogen-bond acceptors (Lipinski definition) is 5. The van der Waals surface area contributed by atoms with Crippen LogP contribution < -0.4 is 5.32 Å². The van der Waals surface area contributed by atoms with Gasteiger partial charge in [-0.1, -0.05) is 43.3 Å². The maximum absolute atomic E-state index is 13.2. The van der Waals surface area contributed by atoms with Gasteiger partial charge in [0.05, 0.1) is 9.79 Å². The maximum Gasteiger partial charge on any atom is 0.243 e. The van der Waals surface area contributed by atoms with Gasteiger partial charge >= 0.3 is 0 Å². The topological polar surface area (TPSA) is 104 Å². The van der Waals surface area contributed by atoms with Crippen LogP contribution in [0.25, 0.3) is 0 Å². The van der Waals surface area contributed by atoms with Gasteiger partial charge in [-0.2, -0.15) is 8.61 Å². The molecule has 2 aromatic carbocycles. The molecule has 1 amide bonds. The van der Waals surface area contributed by atoms with Crippen LogP contribution in [0.15, 0.2) is 70.5 Å². The van der Waals surface area contributed by atoms with Crippen molar-refractivity contribution >= 4 is 26.0 Å². The third kappa shape index (κ3) is 4.56. The van der Waals surface area contributed by atoms with Gasteiger partial charge in [-0.15, -0.1) is 0 Å². The molecule has 1 atom stereocenters. The molecular formula is C20H25N3O5S2. The van der Waals surface area contributed by atoms with Crippen molar-refractivity contribution in [1.82, 2.24) is 13.9 Å². The lowest BCUT2D eigenvalue weighted by Gasteiger charge is -2.38. The number of sulfonamides is 2. The van der Waals surface area contributed by atoms with Crippen molar-refractivity contribution in [3.05, 3.63) is 60.7 Å². The maximum atomic E-state index is 13.2. The average Bonchev–Trinajstić information content (AvgIpc) is 2.78. The predicted molar refractivity (Wildman–Crippen MR) is 113 cm³/mol. The first kappa shape index (κ1) is 22.4. The van der Waals surface area contributed by atoms with E-state index < -0.39 is 32.0 Å². The Morgan fingerprint density at radius 1 is 0.900 bits per heavy atom. The summed E-state index contributed by atoms with van der Waals surface area (Å²) in [5, 5.41) is 2.70. The van der Waals surface area contributed by atoms with Gasteiger partial charge in [0.1, 0.15) is 6.04 Å². The highest BCUT2D eigenvalue weighted by Crippen LogP contribution is 2.25. The normalized spacial score (nSPS) is 18.8. The summed E-state index contributed by atoms with van der Waals surface area (Å²) in [4.78, 5) is 13.0. The molecule has 30 heavy (non-hydrogen) atoms. The molecule has 10 heteroatoms. The molecule has 0 aromatic heterocycles. The first-order valence-corrected chi connectivity index (χ1v) is 12.6. The van der Waals surface area contributed by atoms with Crippen LogP contribution in [-0.4, -0.2) is 63.6 Å². The summed E-state index contributed by atoms with van der Waals surface area (Å²) in [6, 6.07) is 14.6. The Labute approximate surface area is 177 Å². The number of carbonyl (C=O) groups excluding carboxylic acids is 1. The molecule has 1 aliphatic rings. The molecule has 0 radical (unpaired) electrons. The van der Waals surface area contributed by atoms with E-state index in [9.17, 15) is 21.6 Å². The molecule has 0 bridgehead atoms. The van der Waals surface area contributed by atoms with Crippen molar-refractivity contribution in [3.63, 3.8) is 0 Å². The molecule has 2 aromatic rings. The van der Waals surface area contributed by atoms with Crippen LogP contribution in [0.2, 0.25) is 0 Å². The van der Waals surface area contributed by atoms with Gasteiger partial charge in [0, 0.05) is 26.2 Å². The summed E-state index contributed by atoms with van der Waals surface area (Å²) < 4.78 is 54.7. The van der Waals surface area contributed by atoms with Crippen LogP contribution in [0.4, 0.5) is 0 Å². The fourth-order valence-electron chi connectivity index (χ4n) is 3.30. The van der Waals surface area contributed by atoms with Crippen LogP contribution in [0.1, 0.15) is 13.3 Å². The molecule has 1 N–H and O–H groups in total. The SMILES string of the molecule is CCCNC(=O)[C@H]1CN(S(=O)(=O)c2ccccc2)CCN1S(=O)(=O)c1ccccc1. The van der Waals surface area contributed by atoms with E-state index in [0.717, 1.165) is 4.31 Å². The lowest BCUT2D eigenvalue weighted by Crippen LogP contribution is -2.61. The zero-order valence-electron chi connectivity index (χ0n) is 16.6. The van der Waals surface area contributed by atoms with Crippen LogP contribution >= 0.6 is 0 Å². The van der Waals surface area contributed by atoms with Crippen LogP contribution in [0.3, 0.4) is 0 Å². The average molecular weight is 452 g/mol. The van der Waals surface area contributed by atoms with Crippen LogP contribution in [-0.2, 0) is 24.8 Å². The molecule has 0 spiro atoms. The molecule has 0 aliphatic carbocycles. The first-order valence-electron chi connectivity index (χ1n) is 9.68. The summed E-state index contributed by atoms with van der Waals surface area (Å²) in [5.41, 5.74) is 0. The molecule has 0 unspecified atom stereocenters. The molecule has 1 fully saturated rings. The minimum atomic E-state index is -3.96. The smallest absolute Gasteiger partial charge is 0.243 e. The Morgan fingerprint density at radius 3 is 1.97 bits per heavy atom. The summed E-state index contributed by atoms with van der Waals surface area (Å²) in [5.74, 6) is -0.510. The highest BCUT2D eigenvalue weighted by molar-refractivity contribution is 7.89. The fraction of sp³-hybridized carbons (Fsp3) is 0.350. The Morgan fingerprint density at radius 2 is 1.43 bits per heavy atom. The van der Waals surface area contributed by atoms with E-state index in [4.69, 9.17) is 0 Å². The second kappa shape index (κ2) is 9.25. The summed E-state index contributed by atoms with van der Waals surface area (Å²) >= 11 is 0. The van der Waals surface area contributed by atoms with E-state index in [1.54, 1.807) is 36.4 Å². The second-order valence-corrected chi connectivity index (χ2v) is 10.7. The molecule has 162 valence electrons. The number of nitrogens with one attached hydrogen (secondary N) is 1. The van der Waals surface area contributed by atoms with Gasteiger partial charge < -0.3 is 5.32 Å². The third-order valence-corrected chi connectivity index (χ3v) is 8.68. The molecular weight excluding hydrogens is 426 g/mol. The van der Waals surface area contributed by atoms with Crippen molar-refractivity contribution < 1.29 is 21.6 Å². The van der Waals surface area contributed by atoms with Crippen molar-refractivity contribution in [2.24, 2.45) is 0 Å². The zero-order chi connectivity index (χ0) is 21.8. The second-order valence-electron chi connectivity index (χ2n) is 6.91. The van der Waals surface area contributed by atoms with Gasteiger partial charge in [-0.25, -0.2) is 16.8 Å². The molecule has 0 saturated carbocycles. The van der Waals surface area contributed by atoms with Crippen LogP contribution in [0.5, 0.6) is 0 Å². The van der Waals surface area contributed by atoms with E-state index in [0.29, 0.717) is 13.0 Å². The van der Waals surface area contributed by atoms with Gasteiger partial charge in [0.2, 0.25) is 26.0 Å². The zero-order valence-corrected chi connectivity index (χ0v) is 18.3. The summed E-state index contributed by atoms with van der Waals surface area (Å²) in [7, 11) is -7.81. The van der Waals surface area contributed by atoms with E-state index in [1.165, 1.54) is 28.6 Å². The third-order valence-electron chi connectivity index (χ3n) is 4.88. The number of piperazine rings is 1. The summed E-state index contributed by atoms with van der Waals surface area (Å²) in [6.07, 6.45) is 0.677. The number of carbonyl (C=O) groups is 1. The Kier molecular flexibility index (Phi) is 6.91. The summed E-state index contributed by atoms with van der Waals surface area (Å²) in [6.45, 7) is 1.85.